The summed E-state index contributed by atoms with van der Waals surface area (Å²) in [6, 6.07) is 1.89. The maximum atomic E-state index is 11.8. The van der Waals surface area contributed by atoms with Gasteiger partial charge < -0.3 is 30.1 Å². The third-order valence-corrected chi connectivity index (χ3v) is 3.37. The Morgan fingerprint density at radius 2 is 2.09 bits per heavy atom. The molecule has 0 saturated carbocycles. The van der Waals surface area contributed by atoms with Crippen LogP contribution in [0.15, 0.2) is 24.5 Å². The maximum absolute atomic E-state index is 11.8. The summed E-state index contributed by atoms with van der Waals surface area (Å²) in [5.41, 5.74) is 0.218. The number of esters is 1. The first-order valence-corrected chi connectivity index (χ1v) is 6.94. The Kier molecular flexibility index (Phi) is 5.61. The van der Waals surface area contributed by atoms with Crippen molar-refractivity contribution in [2.75, 3.05) is 6.61 Å². The van der Waals surface area contributed by atoms with Gasteiger partial charge in [0.25, 0.3) is 0 Å². The lowest BCUT2D eigenvalue weighted by Crippen LogP contribution is -2.64. The molecule has 5 atom stereocenters. The zero-order valence-electron chi connectivity index (χ0n) is 12.3. The Balaban J connectivity index is 1.94. The number of pyridine rings is 1. The lowest BCUT2D eigenvalue weighted by atomic mass is 9.97. The van der Waals surface area contributed by atoms with Crippen LogP contribution in [-0.4, -0.2) is 69.4 Å². The lowest BCUT2D eigenvalue weighted by Gasteiger charge is -2.40. The predicted octanol–water partition coefficient (Wildman–Crippen LogP) is -1.82. The van der Waals surface area contributed by atoms with Gasteiger partial charge in [0.2, 0.25) is 5.91 Å². The number of hydrogen-bond donors (Lipinski definition) is 4. The SMILES string of the molecule is CC(=O)N[C@H]1C(O)O[C@H](COC(=O)c2cccnc2)[C@@H](O)[C@@H]1O. The van der Waals surface area contributed by atoms with Crippen molar-refractivity contribution in [1.29, 1.82) is 0 Å². The van der Waals surface area contributed by atoms with Gasteiger partial charge in [0.05, 0.1) is 5.56 Å². The minimum absolute atomic E-state index is 0.218. The zero-order chi connectivity index (χ0) is 17.0. The van der Waals surface area contributed by atoms with Crippen molar-refractivity contribution in [2.24, 2.45) is 0 Å². The molecule has 1 aliphatic heterocycles. The smallest absolute Gasteiger partial charge is 0.339 e. The molecule has 126 valence electrons. The number of carbonyl (C=O) groups excluding carboxylic acids is 2. The highest BCUT2D eigenvalue weighted by Crippen LogP contribution is 2.20. The molecular weight excluding hydrogens is 308 g/mol. The average Bonchev–Trinajstić information content (AvgIpc) is 2.54. The number of carbonyl (C=O) groups is 2. The summed E-state index contributed by atoms with van der Waals surface area (Å²) in [7, 11) is 0. The molecule has 1 aromatic heterocycles. The van der Waals surface area contributed by atoms with Crippen LogP contribution in [0, 0.1) is 0 Å². The number of aromatic nitrogens is 1. The van der Waals surface area contributed by atoms with E-state index in [9.17, 15) is 24.9 Å². The highest BCUT2D eigenvalue weighted by Gasteiger charge is 2.44. The normalized spacial score (nSPS) is 30.5. The number of amides is 1. The first-order valence-electron chi connectivity index (χ1n) is 6.94. The van der Waals surface area contributed by atoms with E-state index in [-0.39, 0.29) is 12.2 Å². The number of ether oxygens (including phenoxy) is 2. The Morgan fingerprint density at radius 3 is 2.70 bits per heavy atom. The van der Waals surface area contributed by atoms with Crippen LogP contribution in [0.3, 0.4) is 0 Å². The van der Waals surface area contributed by atoms with Crippen molar-refractivity contribution in [3.8, 4) is 0 Å². The lowest BCUT2D eigenvalue weighted by molar-refractivity contribution is -0.253. The van der Waals surface area contributed by atoms with E-state index in [0.29, 0.717) is 0 Å². The summed E-state index contributed by atoms with van der Waals surface area (Å²) in [6.07, 6.45) is -2.77. The molecular formula is C14H18N2O7. The largest absolute Gasteiger partial charge is 0.459 e. The quantitative estimate of drug-likeness (QED) is 0.475. The van der Waals surface area contributed by atoms with Crippen molar-refractivity contribution in [2.45, 2.75) is 37.6 Å². The van der Waals surface area contributed by atoms with E-state index in [1.54, 1.807) is 6.07 Å². The van der Waals surface area contributed by atoms with Gasteiger partial charge in [-0.3, -0.25) is 9.78 Å². The van der Waals surface area contributed by atoms with E-state index in [0.717, 1.165) is 0 Å². The summed E-state index contributed by atoms with van der Waals surface area (Å²) < 4.78 is 10.1. The van der Waals surface area contributed by atoms with E-state index in [1.807, 2.05) is 0 Å². The van der Waals surface area contributed by atoms with Crippen molar-refractivity contribution in [3.05, 3.63) is 30.1 Å². The number of nitrogens with zero attached hydrogens (tertiary/aromatic N) is 1. The number of aliphatic hydroxyl groups is 3. The molecule has 0 aromatic carbocycles. The number of rotatable bonds is 4. The van der Waals surface area contributed by atoms with E-state index >= 15 is 0 Å². The first kappa shape index (κ1) is 17.3. The fourth-order valence-corrected chi connectivity index (χ4v) is 2.20. The molecule has 0 aliphatic carbocycles. The molecule has 0 radical (unpaired) electrons. The van der Waals surface area contributed by atoms with Crippen molar-refractivity contribution in [1.82, 2.24) is 10.3 Å². The highest BCUT2D eigenvalue weighted by atomic mass is 16.6. The molecule has 2 rings (SSSR count). The van der Waals surface area contributed by atoms with E-state index < -0.39 is 42.5 Å². The topological polar surface area (TPSA) is 138 Å². The molecule has 0 spiro atoms. The summed E-state index contributed by atoms with van der Waals surface area (Å²) >= 11 is 0. The van der Waals surface area contributed by atoms with Crippen LogP contribution < -0.4 is 5.32 Å². The summed E-state index contributed by atoms with van der Waals surface area (Å²) in [5, 5.41) is 32.0. The molecule has 2 heterocycles. The van der Waals surface area contributed by atoms with Crippen LogP contribution in [-0.2, 0) is 14.3 Å². The summed E-state index contributed by atoms with van der Waals surface area (Å²) in [6.45, 7) is 0.823. The first-order chi connectivity index (χ1) is 10.9. The third-order valence-electron chi connectivity index (χ3n) is 3.37. The van der Waals surface area contributed by atoms with Crippen molar-refractivity contribution < 1.29 is 34.4 Å². The van der Waals surface area contributed by atoms with E-state index in [2.05, 4.69) is 10.3 Å². The minimum Gasteiger partial charge on any atom is -0.459 e. The maximum Gasteiger partial charge on any atom is 0.339 e. The Hall–Kier alpha value is -2.07. The molecule has 9 nitrogen and oxygen atoms in total. The van der Waals surface area contributed by atoms with Gasteiger partial charge in [0, 0.05) is 19.3 Å². The van der Waals surface area contributed by atoms with E-state index in [4.69, 9.17) is 9.47 Å². The molecule has 1 unspecified atom stereocenters. The average molecular weight is 326 g/mol. The van der Waals surface area contributed by atoms with Gasteiger partial charge in [0.15, 0.2) is 6.29 Å². The molecule has 9 heteroatoms. The summed E-state index contributed by atoms with van der Waals surface area (Å²) in [5.74, 6) is -1.17. The van der Waals surface area contributed by atoms with Crippen LogP contribution >= 0.6 is 0 Å². The molecule has 1 aromatic rings. The number of aliphatic hydroxyl groups excluding tert-OH is 3. The van der Waals surface area contributed by atoms with E-state index in [1.165, 1.54) is 25.4 Å². The van der Waals surface area contributed by atoms with Crippen LogP contribution in [0.1, 0.15) is 17.3 Å². The second-order valence-electron chi connectivity index (χ2n) is 5.11. The molecule has 1 amide bonds. The Bertz CT molecular complexity index is 553. The second-order valence-corrected chi connectivity index (χ2v) is 5.11. The molecule has 0 bridgehead atoms. The Morgan fingerprint density at radius 1 is 1.35 bits per heavy atom. The van der Waals surface area contributed by atoms with Gasteiger partial charge >= 0.3 is 5.97 Å². The molecule has 1 aliphatic rings. The molecule has 4 N–H and O–H groups in total. The van der Waals surface area contributed by atoms with Gasteiger partial charge in [-0.1, -0.05) is 0 Å². The van der Waals surface area contributed by atoms with Gasteiger partial charge in [-0.15, -0.1) is 0 Å². The standard InChI is InChI=1S/C14H18N2O7/c1-7(17)16-10-12(19)11(18)9(23-14(10)21)6-22-13(20)8-3-2-4-15-5-8/h2-5,9-12,14,18-19,21H,6H2,1H3,(H,16,17)/t9-,10-,11-,12-,14?/m1/s1. The van der Waals surface area contributed by atoms with Crippen molar-refractivity contribution >= 4 is 11.9 Å². The summed E-state index contributed by atoms with van der Waals surface area (Å²) in [4.78, 5) is 26.6. The van der Waals surface area contributed by atoms with Gasteiger partial charge in [-0.05, 0) is 12.1 Å². The van der Waals surface area contributed by atoms with Crippen LogP contribution in [0.25, 0.3) is 0 Å². The third kappa shape index (κ3) is 4.23. The fourth-order valence-electron chi connectivity index (χ4n) is 2.20. The highest BCUT2D eigenvalue weighted by molar-refractivity contribution is 5.88. The minimum atomic E-state index is -1.54. The number of hydrogen-bond acceptors (Lipinski definition) is 8. The number of nitrogens with one attached hydrogen (secondary N) is 1. The predicted molar refractivity (Wildman–Crippen MR) is 75.0 cm³/mol. The fraction of sp³-hybridized carbons (Fsp3) is 0.500. The second kappa shape index (κ2) is 7.47. The van der Waals surface area contributed by atoms with Gasteiger partial charge in [-0.2, -0.15) is 0 Å². The molecule has 23 heavy (non-hydrogen) atoms. The van der Waals surface area contributed by atoms with Gasteiger partial charge in [0.1, 0.15) is 31.0 Å². The van der Waals surface area contributed by atoms with Gasteiger partial charge in [-0.25, -0.2) is 4.79 Å². The van der Waals surface area contributed by atoms with Crippen molar-refractivity contribution in [3.63, 3.8) is 0 Å². The molecule has 1 fully saturated rings. The van der Waals surface area contributed by atoms with Crippen LogP contribution in [0.4, 0.5) is 0 Å². The zero-order valence-corrected chi connectivity index (χ0v) is 12.3. The van der Waals surface area contributed by atoms with Crippen LogP contribution in [0.2, 0.25) is 0 Å². The Labute approximate surface area is 131 Å². The monoisotopic (exact) mass is 326 g/mol. The molecule has 1 saturated heterocycles. The van der Waals surface area contributed by atoms with Crippen LogP contribution in [0.5, 0.6) is 0 Å².